The lowest BCUT2D eigenvalue weighted by Crippen LogP contribution is -2.13. The predicted molar refractivity (Wildman–Crippen MR) is 75.3 cm³/mol. The number of hydrogen-bond acceptors (Lipinski definition) is 3. The summed E-state index contributed by atoms with van der Waals surface area (Å²) in [5, 5.41) is 0. The van der Waals surface area contributed by atoms with E-state index in [-0.39, 0.29) is 5.56 Å². The summed E-state index contributed by atoms with van der Waals surface area (Å²) in [6.45, 7) is 2.03. The summed E-state index contributed by atoms with van der Waals surface area (Å²) in [5.41, 5.74) is 12.9. The van der Waals surface area contributed by atoms with Gasteiger partial charge in [-0.2, -0.15) is 0 Å². The lowest BCUT2D eigenvalue weighted by Gasteiger charge is -2.14. The van der Waals surface area contributed by atoms with Crippen LogP contribution in [0.2, 0.25) is 0 Å². The molecule has 0 aliphatic heterocycles. The third-order valence-corrected chi connectivity index (χ3v) is 2.88. The van der Waals surface area contributed by atoms with Crippen molar-refractivity contribution in [2.75, 3.05) is 5.73 Å². The molecule has 4 N–H and O–H groups in total. The lowest BCUT2D eigenvalue weighted by atomic mass is 10.1. The molecule has 0 radical (unpaired) electrons. The number of carbonyl (C=O) groups excluding carboxylic acids is 1. The number of primary amides is 1. The van der Waals surface area contributed by atoms with Crippen LogP contribution in [-0.2, 0) is 6.42 Å². The molecule has 0 aromatic heterocycles. The maximum atomic E-state index is 11.4. The van der Waals surface area contributed by atoms with Gasteiger partial charge in [-0.15, -0.1) is 0 Å². The van der Waals surface area contributed by atoms with Gasteiger partial charge in [0, 0.05) is 0 Å². The molecule has 0 saturated carbocycles. The van der Waals surface area contributed by atoms with Crippen molar-refractivity contribution in [1.29, 1.82) is 0 Å². The average molecular weight is 256 g/mol. The quantitative estimate of drug-likeness (QED) is 0.825. The summed E-state index contributed by atoms with van der Waals surface area (Å²) in [6.07, 6.45) is 0.828. The highest BCUT2D eigenvalue weighted by atomic mass is 16.5. The van der Waals surface area contributed by atoms with E-state index < -0.39 is 5.91 Å². The number of anilines is 1. The molecule has 2 aromatic rings. The van der Waals surface area contributed by atoms with Gasteiger partial charge in [0.25, 0.3) is 5.91 Å². The number of nitrogens with two attached hydrogens (primary N) is 2. The van der Waals surface area contributed by atoms with Crippen LogP contribution in [0.1, 0.15) is 22.8 Å². The zero-order valence-corrected chi connectivity index (χ0v) is 10.7. The molecule has 0 spiro atoms. The molecule has 0 unspecified atom stereocenters. The van der Waals surface area contributed by atoms with Gasteiger partial charge in [0.2, 0.25) is 0 Å². The van der Waals surface area contributed by atoms with Crippen LogP contribution in [0.15, 0.2) is 42.5 Å². The van der Waals surface area contributed by atoms with Crippen molar-refractivity contribution in [1.82, 2.24) is 0 Å². The average Bonchev–Trinajstić information content (AvgIpc) is 2.41. The molecule has 0 bridgehead atoms. The Hall–Kier alpha value is -2.49. The van der Waals surface area contributed by atoms with E-state index in [1.165, 1.54) is 0 Å². The van der Waals surface area contributed by atoms with Crippen molar-refractivity contribution in [3.05, 3.63) is 53.6 Å². The van der Waals surface area contributed by atoms with Gasteiger partial charge in [0.05, 0.1) is 11.3 Å². The van der Waals surface area contributed by atoms with E-state index in [1.54, 1.807) is 18.2 Å². The summed E-state index contributed by atoms with van der Waals surface area (Å²) < 4.78 is 5.80. The van der Waals surface area contributed by atoms with Gasteiger partial charge >= 0.3 is 0 Å². The number of ether oxygens (including phenoxy) is 1. The normalized spacial score (nSPS) is 10.2. The summed E-state index contributed by atoms with van der Waals surface area (Å²) in [7, 11) is 0. The molecule has 0 heterocycles. The first-order valence-corrected chi connectivity index (χ1v) is 6.07. The van der Waals surface area contributed by atoms with E-state index in [2.05, 4.69) is 0 Å². The maximum absolute atomic E-state index is 11.4. The van der Waals surface area contributed by atoms with E-state index in [1.807, 2.05) is 31.2 Å². The third-order valence-electron chi connectivity index (χ3n) is 2.88. The van der Waals surface area contributed by atoms with Crippen molar-refractivity contribution in [3.8, 4) is 11.5 Å². The van der Waals surface area contributed by atoms with E-state index >= 15 is 0 Å². The highest BCUT2D eigenvalue weighted by Crippen LogP contribution is 2.32. The molecule has 2 rings (SSSR count). The van der Waals surface area contributed by atoms with Gasteiger partial charge in [-0.3, -0.25) is 4.79 Å². The number of aryl methyl sites for hydroxylation is 1. The fraction of sp³-hybridized carbons (Fsp3) is 0.133. The number of benzene rings is 2. The van der Waals surface area contributed by atoms with Gasteiger partial charge in [-0.25, -0.2) is 0 Å². The molecule has 0 fully saturated rings. The van der Waals surface area contributed by atoms with Crippen molar-refractivity contribution in [2.24, 2.45) is 5.73 Å². The molecule has 0 aliphatic rings. The number of para-hydroxylation sites is 2. The summed E-state index contributed by atoms with van der Waals surface area (Å²) in [6, 6.07) is 12.6. The van der Waals surface area contributed by atoms with Crippen molar-refractivity contribution >= 4 is 11.6 Å². The molecule has 98 valence electrons. The summed E-state index contributed by atoms with van der Waals surface area (Å²) in [5.74, 6) is 0.442. The predicted octanol–water partition coefficient (Wildman–Crippen LogP) is 2.72. The van der Waals surface area contributed by atoms with Crippen LogP contribution in [0.3, 0.4) is 0 Å². The smallest absolute Gasteiger partial charge is 0.252 e. The Morgan fingerprint density at radius 2 is 1.89 bits per heavy atom. The van der Waals surface area contributed by atoms with E-state index in [0.29, 0.717) is 17.2 Å². The fourth-order valence-electron chi connectivity index (χ4n) is 1.87. The number of rotatable bonds is 4. The molecule has 1 amide bonds. The monoisotopic (exact) mass is 256 g/mol. The van der Waals surface area contributed by atoms with Crippen LogP contribution >= 0.6 is 0 Å². The molecule has 19 heavy (non-hydrogen) atoms. The molecule has 2 aromatic carbocycles. The second-order valence-corrected chi connectivity index (χ2v) is 4.15. The van der Waals surface area contributed by atoms with Gasteiger partial charge in [0.1, 0.15) is 5.75 Å². The zero-order valence-electron chi connectivity index (χ0n) is 10.7. The minimum absolute atomic E-state index is 0.283. The Labute approximate surface area is 112 Å². The third kappa shape index (κ3) is 2.68. The highest BCUT2D eigenvalue weighted by Gasteiger charge is 2.14. The first-order valence-electron chi connectivity index (χ1n) is 6.07. The van der Waals surface area contributed by atoms with Gasteiger partial charge < -0.3 is 16.2 Å². The molecule has 4 nitrogen and oxygen atoms in total. The van der Waals surface area contributed by atoms with Crippen LogP contribution in [0.25, 0.3) is 0 Å². The summed E-state index contributed by atoms with van der Waals surface area (Å²) >= 11 is 0. The van der Waals surface area contributed by atoms with Crippen molar-refractivity contribution in [2.45, 2.75) is 13.3 Å². The lowest BCUT2D eigenvalue weighted by molar-refractivity contribution is 0.0998. The molecule has 0 saturated heterocycles. The first kappa shape index (κ1) is 13.0. The number of carbonyl (C=O) groups is 1. The maximum Gasteiger partial charge on any atom is 0.252 e. The summed E-state index contributed by atoms with van der Waals surface area (Å²) in [4.78, 5) is 11.4. The minimum Gasteiger partial charge on any atom is -0.454 e. The van der Waals surface area contributed by atoms with Crippen LogP contribution in [-0.4, -0.2) is 5.91 Å². The Morgan fingerprint density at radius 1 is 1.16 bits per heavy atom. The Kier molecular flexibility index (Phi) is 3.71. The second kappa shape index (κ2) is 5.44. The Bertz CT molecular complexity index is 609. The zero-order chi connectivity index (χ0) is 13.8. The van der Waals surface area contributed by atoms with E-state index in [9.17, 15) is 4.79 Å². The van der Waals surface area contributed by atoms with Gasteiger partial charge in [-0.1, -0.05) is 31.2 Å². The SMILES string of the molecule is CCc1ccccc1Oc1c(N)cccc1C(N)=O. The number of nitrogen functional groups attached to an aromatic ring is 1. The number of amides is 1. The molecule has 0 aliphatic carbocycles. The largest absolute Gasteiger partial charge is 0.454 e. The minimum atomic E-state index is -0.559. The van der Waals surface area contributed by atoms with Crippen molar-refractivity contribution < 1.29 is 9.53 Å². The molecular weight excluding hydrogens is 240 g/mol. The van der Waals surface area contributed by atoms with E-state index in [4.69, 9.17) is 16.2 Å². The molecule has 4 heteroatoms. The molecular formula is C15H16N2O2. The van der Waals surface area contributed by atoms with E-state index in [0.717, 1.165) is 12.0 Å². The fourth-order valence-corrected chi connectivity index (χ4v) is 1.87. The van der Waals surface area contributed by atoms with Crippen LogP contribution in [0, 0.1) is 0 Å². The van der Waals surface area contributed by atoms with Crippen LogP contribution in [0.4, 0.5) is 5.69 Å². The Morgan fingerprint density at radius 3 is 2.58 bits per heavy atom. The Balaban J connectivity index is 2.46. The standard InChI is InChI=1S/C15H16N2O2/c1-2-10-6-3-4-9-13(10)19-14-11(15(17)18)7-5-8-12(14)16/h3-9H,2,16H2,1H3,(H2,17,18). The van der Waals surface area contributed by atoms with Crippen LogP contribution in [0.5, 0.6) is 11.5 Å². The highest BCUT2D eigenvalue weighted by molar-refractivity contribution is 5.97. The first-order chi connectivity index (χ1) is 9.13. The topological polar surface area (TPSA) is 78.3 Å². The van der Waals surface area contributed by atoms with Crippen LogP contribution < -0.4 is 16.2 Å². The molecule has 0 atom stereocenters. The second-order valence-electron chi connectivity index (χ2n) is 4.15. The number of hydrogen-bond donors (Lipinski definition) is 2. The van der Waals surface area contributed by atoms with Crippen molar-refractivity contribution in [3.63, 3.8) is 0 Å². The van der Waals surface area contributed by atoms with Gasteiger partial charge in [-0.05, 0) is 30.2 Å². The van der Waals surface area contributed by atoms with Gasteiger partial charge in [0.15, 0.2) is 5.75 Å².